The predicted molar refractivity (Wildman–Crippen MR) is 108 cm³/mol. The van der Waals surface area contributed by atoms with Gasteiger partial charge in [-0.1, -0.05) is 42.0 Å². The molecule has 1 heterocycles. The zero-order valence-corrected chi connectivity index (χ0v) is 16.2. The molecule has 2 aromatic carbocycles. The summed E-state index contributed by atoms with van der Waals surface area (Å²) in [6.07, 6.45) is 2.52. The van der Waals surface area contributed by atoms with Crippen LogP contribution in [0.25, 0.3) is 0 Å². The number of Topliss-reactive ketones (excluding diaryl/α,β-unsaturated/α-hetero) is 1. The number of benzene rings is 2. The lowest BCUT2D eigenvalue weighted by Gasteiger charge is -2.39. The van der Waals surface area contributed by atoms with Crippen LogP contribution in [0.5, 0.6) is 0 Å². The molecule has 0 N–H and O–H groups in total. The maximum absolute atomic E-state index is 13.3. The molecule has 1 unspecified atom stereocenters. The molecule has 0 saturated carbocycles. The molecule has 1 aliphatic heterocycles. The minimum atomic E-state index is -0.123. The fourth-order valence-electron chi connectivity index (χ4n) is 4.32. The van der Waals surface area contributed by atoms with Crippen molar-refractivity contribution in [2.75, 3.05) is 4.90 Å². The average molecular weight is 359 g/mol. The molecule has 2 aliphatic rings. The largest absolute Gasteiger partial charge is 0.294 e. The van der Waals surface area contributed by atoms with Crippen molar-refractivity contribution in [3.8, 4) is 0 Å². The number of aryl methyl sites for hydroxylation is 3. The van der Waals surface area contributed by atoms with Gasteiger partial charge in [-0.2, -0.15) is 0 Å². The summed E-state index contributed by atoms with van der Waals surface area (Å²) in [6.45, 7) is 6.11. The molecule has 3 nitrogen and oxygen atoms in total. The Hall–Kier alpha value is -2.68. The lowest BCUT2D eigenvalue weighted by atomic mass is 9.77. The number of carbonyl (C=O) groups excluding carboxylic acids is 2. The summed E-state index contributed by atoms with van der Waals surface area (Å²) in [6, 6.07) is 14.4. The van der Waals surface area contributed by atoms with E-state index in [-0.39, 0.29) is 17.6 Å². The van der Waals surface area contributed by atoms with Crippen LogP contribution in [0.1, 0.15) is 53.9 Å². The molecular weight excluding hydrogens is 334 g/mol. The van der Waals surface area contributed by atoms with E-state index < -0.39 is 0 Å². The van der Waals surface area contributed by atoms with E-state index in [1.54, 1.807) is 0 Å². The van der Waals surface area contributed by atoms with Crippen LogP contribution < -0.4 is 4.90 Å². The zero-order chi connectivity index (χ0) is 19.1. The van der Waals surface area contributed by atoms with Gasteiger partial charge < -0.3 is 0 Å². The van der Waals surface area contributed by atoms with Gasteiger partial charge in [0.25, 0.3) is 0 Å². The first-order chi connectivity index (χ1) is 13.0. The Morgan fingerprint density at radius 1 is 0.889 bits per heavy atom. The fraction of sp³-hybridized carbons (Fsp3) is 0.333. The molecule has 0 fully saturated rings. The molecule has 0 aromatic heterocycles. The number of amides is 1. The van der Waals surface area contributed by atoms with Gasteiger partial charge in [0.05, 0.1) is 5.69 Å². The van der Waals surface area contributed by atoms with Gasteiger partial charge in [-0.15, -0.1) is 0 Å². The first-order valence-electron chi connectivity index (χ1n) is 9.68. The Labute approximate surface area is 160 Å². The summed E-state index contributed by atoms with van der Waals surface area (Å²) >= 11 is 0. The molecule has 0 radical (unpaired) electrons. The first-order valence-corrected chi connectivity index (χ1v) is 9.68. The third-order valence-corrected chi connectivity index (χ3v) is 5.76. The SMILES string of the molecule is Cc1ccc(C2CC(=O)N(c3cc(C)ccc3C)C3=C2C(=O)CCC3)cc1. The van der Waals surface area contributed by atoms with Crippen molar-refractivity contribution in [3.05, 3.63) is 76.0 Å². The van der Waals surface area contributed by atoms with Crippen LogP contribution >= 0.6 is 0 Å². The monoisotopic (exact) mass is 359 g/mol. The molecule has 138 valence electrons. The van der Waals surface area contributed by atoms with Crippen LogP contribution in [0.15, 0.2) is 53.7 Å². The van der Waals surface area contributed by atoms with Crippen molar-refractivity contribution in [1.82, 2.24) is 0 Å². The average Bonchev–Trinajstić information content (AvgIpc) is 2.64. The van der Waals surface area contributed by atoms with Crippen LogP contribution in [0.4, 0.5) is 5.69 Å². The Kier molecular flexibility index (Phi) is 4.47. The Morgan fingerprint density at radius 2 is 1.59 bits per heavy atom. The first kappa shape index (κ1) is 17.7. The highest BCUT2D eigenvalue weighted by atomic mass is 16.2. The molecule has 0 bridgehead atoms. The maximum atomic E-state index is 13.3. The molecule has 3 heteroatoms. The minimum absolute atomic E-state index is 0.0859. The van der Waals surface area contributed by atoms with E-state index in [1.165, 1.54) is 5.56 Å². The molecule has 1 amide bonds. The van der Waals surface area contributed by atoms with Gasteiger partial charge in [-0.05, 0) is 56.4 Å². The van der Waals surface area contributed by atoms with Crippen molar-refractivity contribution >= 4 is 17.4 Å². The van der Waals surface area contributed by atoms with Gasteiger partial charge >= 0.3 is 0 Å². The van der Waals surface area contributed by atoms with Gasteiger partial charge in [-0.3, -0.25) is 14.5 Å². The maximum Gasteiger partial charge on any atom is 0.232 e. The molecule has 0 spiro atoms. The number of hydrogen-bond acceptors (Lipinski definition) is 2. The second kappa shape index (κ2) is 6.80. The van der Waals surface area contributed by atoms with Gasteiger partial charge in [0.1, 0.15) is 0 Å². The second-order valence-corrected chi connectivity index (χ2v) is 7.82. The standard InChI is InChI=1S/C24H25NO2/c1-15-8-11-18(12-9-15)19-14-23(27)25(20-5-4-6-22(26)24(19)20)21-13-16(2)7-10-17(21)3/h7-13,19H,4-6,14H2,1-3H3. The summed E-state index contributed by atoms with van der Waals surface area (Å²) in [5, 5.41) is 0. The molecule has 27 heavy (non-hydrogen) atoms. The number of nitrogens with zero attached hydrogens (tertiary/aromatic N) is 1. The van der Waals surface area contributed by atoms with Crippen LogP contribution in [0.2, 0.25) is 0 Å². The highest BCUT2D eigenvalue weighted by molar-refractivity contribution is 6.07. The number of anilines is 1. The van der Waals surface area contributed by atoms with Crippen molar-refractivity contribution in [1.29, 1.82) is 0 Å². The molecule has 4 rings (SSSR count). The van der Waals surface area contributed by atoms with Crippen molar-refractivity contribution in [3.63, 3.8) is 0 Å². The predicted octanol–water partition coefficient (Wildman–Crippen LogP) is 5.14. The van der Waals surface area contributed by atoms with Crippen LogP contribution in [0, 0.1) is 20.8 Å². The Balaban J connectivity index is 1.88. The topological polar surface area (TPSA) is 37.4 Å². The van der Waals surface area contributed by atoms with E-state index in [4.69, 9.17) is 0 Å². The smallest absolute Gasteiger partial charge is 0.232 e. The fourth-order valence-corrected chi connectivity index (χ4v) is 4.32. The van der Waals surface area contributed by atoms with Gasteiger partial charge in [0.2, 0.25) is 5.91 Å². The second-order valence-electron chi connectivity index (χ2n) is 7.82. The number of rotatable bonds is 2. The highest BCUT2D eigenvalue weighted by Crippen LogP contribution is 2.44. The van der Waals surface area contributed by atoms with Gasteiger partial charge in [-0.25, -0.2) is 0 Å². The molecule has 0 saturated heterocycles. The molecular formula is C24H25NO2. The highest BCUT2D eigenvalue weighted by Gasteiger charge is 2.39. The summed E-state index contributed by atoms with van der Waals surface area (Å²) in [5.74, 6) is 0.162. The number of ketones is 1. The summed E-state index contributed by atoms with van der Waals surface area (Å²) in [5.41, 5.74) is 7.12. The van der Waals surface area contributed by atoms with E-state index in [9.17, 15) is 9.59 Å². The van der Waals surface area contributed by atoms with Gasteiger partial charge in [0, 0.05) is 30.0 Å². The van der Waals surface area contributed by atoms with Crippen molar-refractivity contribution < 1.29 is 9.59 Å². The van der Waals surface area contributed by atoms with Crippen molar-refractivity contribution in [2.24, 2.45) is 0 Å². The number of hydrogen-bond donors (Lipinski definition) is 0. The molecule has 2 aromatic rings. The normalized spacial score (nSPS) is 20.1. The molecule has 1 aliphatic carbocycles. The lowest BCUT2D eigenvalue weighted by Crippen LogP contribution is -2.40. The Bertz CT molecular complexity index is 953. The van der Waals surface area contributed by atoms with Crippen LogP contribution in [-0.2, 0) is 9.59 Å². The zero-order valence-electron chi connectivity index (χ0n) is 16.2. The molecule has 1 atom stereocenters. The lowest BCUT2D eigenvalue weighted by molar-refractivity contribution is -0.119. The van der Waals surface area contributed by atoms with Crippen molar-refractivity contribution in [2.45, 2.75) is 52.4 Å². The quantitative estimate of drug-likeness (QED) is 0.744. The summed E-state index contributed by atoms with van der Waals surface area (Å²) in [7, 11) is 0. The van der Waals surface area contributed by atoms with E-state index >= 15 is 0 Å². The number of carbonyl (C=O) groups is 2. The van der Waals surface area contributed by atoms with E-state index in [2.05, 4.69) is 49.4 Å². The van der Waals surface area contributed by atoms with E-state index in [0.29, 0.717) is 12.8 Å². The van der Waals surface area contributed by atoms with E-state index in [1.807, 2.05) is 18.7 Å². The number of allylic oxidation sites excluding steroid dienone is 2. The third-order valence-electron chi connectivity index (χ3n) is 5.76. The minimum Gasteiger partial charge on any atom is -0.294 e. The third kappa shape index (κ3) is 3.12. The summed E-state index contributed by atoms with van der Waals surface area (Å²) < 4.78 is 0. The van der Waals surface area contributed by atoms with E-state index in [0.717, 1.165) is 46.5 Å². The Morgan fingerprint density at radius 3 is 2.33 bits per heavy atom. The van der Waals surface area contributed by atoms with Crippen LogP contribution in [-0.4, -0.2) is 11.7 Å². The summed E-state index contributed by atoms with van der Waals surface area (Å²) in [4.78, 5) is 28.0. The van der Waals surface area contributed by atoms with Gasteiger partial charge in [0.15, 0.2) is 5.78 Å². The van der Waals surface area contributed by atoms with Crippen LogP contribution in [0.3, 0.4) is 0 Å².